The van der Waals surface area contributed by atoms with Gasteiger partial charge in [0.25, 0.3) is 0 Å². The maximum atomic E-state index is 11.7. The zero-order chi connectivity index (χ0) is 13.7. The van der Waals surface area contributed by atoms with Crippen LogP contribution in [0.25, 0.3) is 0 Å². The molecule has 0 unspecified atom stereocenters. The molecule has 4 nitrogen and oxygen atoms in total. The van der Waals surface area contributed by atoms with Crippen LogP contribution in [-0.2, 0) is 11.3 Å². The highest BCUT2D eigenvalue weighted by Gasteiger charge is 2.17. The van der Waals surface area contributed by atoms with Crippen molar-refractivity contribution in [2.45, 2.75) is 33.4 Å². The summed E-state index contributed by atoms with van der Waals surface area (Å²) < 4.78 is 5.28. The van der Waals surface area contributed by atoms with Gasteiger partial charge in [-0.15, -0.1) is 0 Å². The van der Waals surface area contributed by atoms with Crippen molar-refractivity contribution in [3.05, 3.63) is 29.3 Å². The number of nitrogens with two attached hydrogens (primary N) is 1. The lowest BCUT2D eigenvalue weighted by molar-refractivity contribution is -0.123. The summed E-state index contributed by atoms with van der Waals surface area (Å²) in [7, 11) is 1.62. The van der Waals surface area contributed by atoms with Crippen molar-refractivity contribution in [3.8, 4) is 5.75 Å². The van der Waals surface area contributed by atoms with Gasteiger partial charge in [0, 0.05) is 12.1 Å². The summed E-state index contributed by atoms with van der Waals surface area (Å²) >= 11 is 0. The van der Waals surface area contributed by atoms with Crippen LogP contribution in [0.3, 0.4) is 0 Å². The minimum absolute atomic E-state index is 0.130. The third-order valence-electron chi connectivity index (χ3n) is 2.92. The number of ether oxygens (including phenoxy) is 1. The van der Waals surface area contributed by atoms with E-state index in [-0.39, 0.29) is 11.8 Å². The fourth-order valence-electron chi connectivity index (χ4n) is 1.60. The Morgan fingerprint density at radius 1 is 1.44 bits per heavy atom. The van der Waals surface area contributed by atoms with Gasteiger partial charge in [-0.25, -0.2) is 0 Å². The second kappa shape index (κ2) is 6.40. The predicted molar refractivity (Wildman–Crippen MR) is 72.4 cm³/mol. The molecular formula is C14H22N2O2. The summed E-state index contributed by atoms with van der Waals surface area (Å²) in [4.78, 5) is 11.7. The lowest BCUT2D eigenvalue weighted by atomic mass is 10.0. The molecule has 0 heterocycles. The molecule has 0 aliphatic carbocycles. The molecule has 0 saturated heterocycles. The number of nitrogens with one attached hydrogen (secondary N) is 1. The molecule has 100 valence electrons. The SMILES string of the molecule is COc1cc(C)ccc1CNC(=O)[C@@H](N)C(C)C. The first-order chi connectivity index (χ1) is 8.45. The number of hydrogen-bond donors (Lipinski definition) is 2. The van der Waals surface area contributed by atoms with Crippen molar-refractivity contribution >= 4 is 5.91 Å². The Morgan fingerprint density at radius 2 is 2.11 bits per heavy atom. The molecule has 4 heteroatoms. The molecule has 1 amide bonds. The second-order valence-electron chi connectivity index (χ2n) is 4.80. The Balaban J connectivity index is 2.66. The van der Waals surface area contributed by atoms with Crippen molar-refractivity contribution in [1.82, 2.24) is 5.32 Å². The van der Waals surface area contributed by atoms with E-state index in [9.17, 15) is 4.79 Å². The van der Waals surface area contributed by atoms with Crippen LogP contribution in [-0.4, -0.2) is 19.1 Å². The lowest BCUT2D eigenvalue weighted by Gasteiger charge is -2.16. The van der Waals surface area contributed by atoms with Gasteiger partial charge in [-0.3, -0.25) is 4.79 Å². The van der Waals surface area contributed by atoms with Crippen molar-refractivity contribution in [2.24, 2.45) is 11.7 Å². The van der Waals surface area contributed by atoms with E-state index in [2.05, 4.69) is 5.32 Å². The minimum Gasteiger partial charge on any atom is -0.496 e. The van der Waals surface area contributed by atoms with E-state index in [0.29, 0.717) is 6.54 Å². The Kier molecular flexibility index (Phi) is 5.16. The average molecular weight is 250 g/mol. The fraction of sp³-hybridized carbons (Fsp3) is 0.500. The largest absolute Gasteiger partial charge is 0.496 e. The van der Waals surface area contributed by atoms with Gasteiger partial charge in [-0.05, 0) is 24.5 Å². The molecule has 0 spiro atoms. The van der Waals surface area contributed by atoms with Gasteiger partial charge in [-0.2, -0.15) is 0 Å². The van der Waals surface area contributed by atoms with E-state index in [1.54, 1.807) is 7.11 Å². The van der Waals surface area contributed by atoms with Gasteiger partial charge >= 0.3 is 0 Å². The predicted octanol–water partition coefficient (Wildman–Crippen LogP) is 1.60. The summed E-state index contributed by atoms with van der Waals surface area (Å²) in [6.45, 7) is 6.29. The standard InChI is InChI=1S/C14H22N2O2/c1-9(2)13(15)14(17)16-8-11-6-5-10(3)7-12(11)18-4/h5-7,9,13H,8,15H2,1-4H3,(H,16,17)/t13-/m0/s1. The molecule has 0 fully saturated rings. The monoisotopic (exact) mass is 250 g/mol. The summed E-state index contributed by atoms with van der Waals surface area (Å²) in [6, 6.07) is 5.42. The Morgan fingerprint density at radius 3 is 2.67 bits per heavy atom. The molecule has 1 aromatic rings. The highest BCUT2D eigenvalue weighted by Crippen LogP contribution is 2.19. The Labute approximate surface area is 109 Å². The average Bonchev–Trinajstić information content (AvgIpc) is 2.35. The topological polar surface area (TPSA) is 64.3 Å². The van der Waals surface area contributed by atoms with Crippen LogP contribution in [0.15, 0.2) is 18.2 Å². The normalized spacial score (nSPS) is 12.3. The third-order valence-corrected chi connectivity index (χ3v) is 2.92. The van der Waals surface area contributed by atoms with Crippen molar-refractivity contribution in [2.75, 3.05) is 7.11 Å². The minimum atomic E-state index is -0.471. The number of carbonyl (C=O) groups excluding carboxylic acids is 1. The van der Waals surface area contributed by atoms with Gasteiger partial charge in [0.05, 0.1) is 13.2 Å². The molecule has 0 saturated carbocycles. The maximum absolute atomic E-state index is 11.7. The molecule has 0 radical (unpaired) electrons. The van der Waals surface area contributed by atoms with E-state index in [0.717, 1.165) is 16.9 Å². The van der Waals surface area contributed by atoms with E-state index in [1.807, 2.05) is 39.0 Å². The molecule has 1 atom stereocenters. The number of methoxy groups -OCH3 is 1. The smallest absolute Gasteiger partial charge is 0.237 e. The molecule has 0 bridgehead atoms. The van der Waals surface area contributed by atoms with Crippen LogP contribution in [0, 0.1) is 12.8 Å². The van der Waals surface area contributed by atoms with Crippen molar-refractivity contribution in [3.63, 3.8) is 0 Å². The number of rotatable bonds is 5. The molecule has 3 N–H and O–H groups in total. The third kappa shape index (κ3) is 3.74. The van der Waals surface area contributed by atoms with Crippen LogP contribution in [0.4, 0.5) is 0 Å². The summed E-state index contributed by atoms with van der Waals surface area (Å²) in [5, 5.41) is 2.83. The van der Waals surface area contributed by atoms with Crippen LogP contribution < -0.4 is 15.8 Å². The highest BCUT2D eigenvalue weighted by atomic mass is 16.5. The first kappa shape index (κ1) is 14.5. The van der Waals surface area contributed by atoms with E-state index < -0.39 is 6.04 Å². The highest BCUT2D eigenvalue weighted by molar-refractivity contribution is 5.81. The zero-order valence-corrected chi connectivity index (χ0v) is 11.5. The van der Waals surface area contributed by atoms with E-state index in [1.165, 1.54) is 0 Å². The molecule has 0 aliphatic heterocycles. The number of carbonyl (C=O) groups is 1. The maximum Gasteiger partial charge on any atom is 0.237 e. The van der Waals surface area contributed by atoms with Crippen LogP contribution in [0.5, 0.6) is 5.75 Å². The zero-order valence-electron chi connectivity index (χ0n) is 11.5. The van der Waals surface area contributed by atoms with Crippen LogP contribution in [0.1, 0.15) is 25.0 Å². The first-order valence-electron chi connectivity index (χ1n) is 6.12. The molecule has 18 heavy (non-hydrogen) atoms. The van der Waals surface area contributed by atoms with Gasteiger partial charge in [0.1, 0.15) is 5.75 Å². The van der Waals surface area contributed by atoms with Gasteiger partial charge in [-0.1, -0.05) is 26.0 Å². The summed E-state index contributed by atoms with van der Waals surface area (Å²) in [6.07, 6.45) is 0. The summed E-state index contributed by atoms with van der Waals surface area (Å²) in [5.74, 6) is 0.783. The molecule has 0 aliphatic rings. The summed E-state index contributed by atoms with van der Waals surface area (Å²) in [5.41, 5.74) is 7.85. The van der Waals surface area contributed by atoms with E-state index in [4.69, 9.17) is 10.5 Å². The van der Waals surface area contributed by atoms with Crippen molar-refractivity contribution in [1.29, 1.82) is 0 Å². The molecular weight excluding hydrogens is 228 g/mol. The van der Waals surface area contributed by atoms with Gasteiger partial charge in [0.15, 0.2) is 0 Å². The number of amides is 1. The first-order valence-corrected chi connectivity index (χ1v) is 6.12. The number of benzene rings is 1. The molecule has 0 aromatic heterocycles. The fourth-order valence-corrected chi connectivity index (χ4v) is 1.60. The van der Waals surface area contributed by atoms with Gasteiger partial charge in [0.2, 0.25) is 5.91 Å². The number of aryl methyl sites for hydroxylation is 1. The number of hydrogen-bond acceptors (Lipinski definition) is 3. The molecule has 1 rings (SSSR count). The quantitative estimate of drug-likeness (QED) is 0.834. The van der Waals surface area contributed by atoms with Crippen LogP contribution in [0.2, 0.25) is 0 Å². The Hall–Kier alpha value is -1.55. The van der Waals surface area contributed by atoms with Crippen molar-refractivity contribution < 1.29 is 9.53 Å². The van der Waals surface area contributed by atoms with Gasteiger partial charge < -0.3 is 15.8 Å². The second-order valence-corrected chi connectivity index (χ2v) is 4.80. The van der Waals surface area contributed by atoms with E-state index >= 15 is 0 Å². The Bertz CT molecular complexity index is 416. The molecule has 1 aromatic carbocycles. The van der Waals surface area contributed by atoms with Crippen LogP contribution >= 0.6 is 0 Å². The lowest BCUT2D eigenvalue weighted by Crippen LogP contribution is -2.43.